The van der Waals surface area contributed by atoms with Crippen molar-refractivity contribution in [3.63, 3.8) is 0 Å². The van der Waals surface area contributed by atoms with Crippen LogP contribution < -0.4 is 5.56 Å². The molecule has 1 aromatic heterocycles. The molecule has 0 spiro atoms. The lowest BCUT2D eigenvalue weighted by atomic mass is 9.81. The van der Waals surface area contributed by atoms with Crippen LogP contribution >= 0.6 is 11.8 Å². The molecule has 136 valence electrons. The van der Waals surface area contributed by atoms with Crippen LogP contribution in [0, 0.1) is 18.3 Å². The molecule has 0 bridgehead atoms. The molecule has 0 aromatic carbocycles. The summed E-state index contributed by atoms with van der Waals surface area (Å²) in [4.78, 5) is 30.4. The molecule has 1 N–H and O–H groups in total. The Morgan fingerprint density at radius 1 is 1.29 bits per heavy atom. The molecular weight excluding hydrogens is 324 g/mol. The van der Waals surface area contributed by atoms with Crippen LogP contribution in [0.2, 0.25) is 0 Å². The van der Waals surface area contributed by atoms with Crippen LogP contribution in [-0.4, -0.2) is 28.3 Å². The zero-order valence-electron chi connectivity index (χ0n) is 15.5. The Kier molecular flexibility index (Phi) is 8.53. The molecule has 0 saturated heterocycles. The van der Waals surface area contributed by atoms with E-state index >= 15 is 0 Å². The van der Waals surface area contributed by atoms with Crippen LogP contribution in [0.5, 0.6) is 0 Å². The molecular formula is C18H30N2O3S. The number of aromatic nitrogens is 2. The number of nitrogens with one attached hydrogen (secondary N) is 1. The first-order valence-electron chi connectivity index (χ1n) is 8.61. The van der Waals surface area contributed by atoms with Crippen molar-refractivity contribution in [1.29, 1.82) is 0 Å². The van der Waals surface area contributed by atoms with E-state index in [-0.39, 0.29) is 17.4 Å². The molecule has 0 unspecified atom stereocenters. The Morgan fingerprint density at radius 2 is 1.96 bits per heavy atom. The Bertz CT molecular complexity index is 582. The number of nitrogens with zero attached hydrogens (tertiary/aromatic N) is 1. The van der Waals surface area contributed by atoms with E-state index in [1.807, 2.05) is 27.7 Å². The third-order valence-corrected chi connectivity index (χ3v) is 5.41. The Hall–Kier alpha value is -1.30. The van der Waals surface area contributed by atoms with Gasteiger partial charge in [0.15, 0.2) is 5.16 Å². The van der Waals surface area contributed by atoms with Crippen molar-refractivity contribution in [2.24, 2.45) is 11.3 Å². The largest absolute Gasteiger partial charge is 0.465 e. The summed E-state index contributed by atoms with van der Waals surface area (Å²) >= 11 is 1.57. The third-order valence-electron chi connectivity index (χ3n) is 4.43. The zero-order chi connectivity index (χ0) is 18.2. The normalized spacial score (nSPS) is 11.8. The van der Waals surface area contributed by atoms with E-state index in [4.69, 9.17) is 4.74 Å². The number of carbonyl (C=O) groups is 1. The van der Waals surface area contributed by atoms with Crippen LogP contribution in [0.25, 0.3) is 0 Å². The van der Waals surface area contributed by atoms with Crippen molar-refractivity contribution in [3.8, 4) is 0 Å². The van der Waals surface area contributed by atoms with E-state index in [2.05, 4.69) is 9.97 Å². The average molecular weight is 355 g/mol. The number of aromatic amines is 1. The second-order valence-electron chi connectivity index (χ2n) is 6.98. The highest BCUT2D eigenvalue weighted by Crippen LogP contribution is 2.27. The van der Waals surface area contributed by atoms with Gasteiger partial charge >= 0.3 is 5.97 Å². The predicted molar refractivity (Wildman–Crippen MR) is 98.4 cm³/mol. The molecule has 1 rings (SSSR count). The number of unbranched alkanes of at least 4 members (excludes halogenated alkanes) is 3. The maximum Gasteiger partial charge on any atom is 0.311 e. The SMILES string of the molecule is Cc1cnc(SCCCCCCOC(=O)C(C)(C)C(C)C)[nH]c1=O. The fourth-order valence-corrected chi connectivity index (χ4v) is 2.66. The summed E-state index contributed by atoms with van der Waals surface area (Å²) in [5.41, 5.74) is 0.141. The van der Waals surface area contributed by atoms with E-state index in [9.17, 15) is 9.59 Å². The molecule has 5 nitrogen and oxygen atoms in total. The first kappa shape index (κ1) is 20.7. The van der Waals surface area contributed by atoms with Gasteiger partial charge < -0.3 is 9.72 Å². The quantitative estimate of drug-likeness (QED) is 0.298. The van der Waals surface area contributed by atoms with Crippen molar-refractivity contribution in [2.75, 3.05) is 12.4 Å². The minimum atomic E-state index is -0.422. The molecule has 0 radical (unpaired) electrons. The van der Waals surface area contributed by atoms with E-state index in [0.29, 0.717) is 17.3 Å². The van der Waals surface area contributed by atoms with Crippen LogP contribution in [0.3, 0.4) is 0 Å². The zero-order valence-corrected chi connectivity index (χ0v) is 16.3. The number of thioether (sulfide) groups is 1. The molecule has 0 amide bonds. The van der Waals surface area contributed by atoms with Crippen LogP contribution in [0.4, 0.5) is 0 Å². The van der Waals surface area contributed by atoms with Gasteiger partial charge in [0.2, 0.25) is 0 Å². The van der Waals surface area contributed by atoms with Crippen molar-refractivity contribution < 1.29 is 9.53 Å². The van der Waals surface area contributed by atoms with Crippen molar-refractivity contribution in [2.45, 2.75) is 65.5 Å². The summed E-state index contributed by atoms with van der Waals surface area (Å²) in [5, 5.41) is 0.676. The Balaban J connectivity index is 2.09. The number of H-pyrrole nitrogens is 1. The first-order valence-corrected chi connectivity index (χ1v) is 9.59. The van der Waals surface area contributed by atoms with Gasteiger partial charge in [0, 0.05) is 17.5 Å². The van der Waals surface area contributed by atoms with Gasteiger partial charge in [-0.15, -0.1) is 0 Å². The second-order valence-corrected chi connectivity index (χ2v) is 8.06. The van der Waals surface area contributed by atoms with Crippen LogP contribution in [0.1, 0.15) is 58.9 Å². The highest BCUT2D eigenvalue weighted by Gasteiger charge is 2.32. The number of ether oxygens (including phenoxy) is 1. The number of hydrogen-bond donors (Lipinski definition) is 1. The van der Waals surface area contributed by atoms with Gasteiger partial charge in [-0.3, -0.25) is 9.59 Å². The van der Waals surface area contributed by atoms with Gasteiger partial charge in [-0.05, 0) is 39.5 Å². The number of aryl methyl sites for hydroxylation is 1. The Morgan fingerprint density at radius 3 is 2.58 bits per heavy atom. The topological polar surface area (TPSA) is 72.0 Å². The van der Waals surface area contributed by atoms with Gasteiger partial charge in [-0.2, -0.15) is 0 Å². The minimum absolute atomic E-state index is 0.0707. The van der Waals surface area contributed by atoms with Gasteiger partial charge in [0.25, 0.3) is 5.56 Å². The lowest BCUT2D eigenvalue weighted by Crippen LogP contribution is -2.32. The number of carbonyl (C=O) groups excluding carboxylic acids is 1. The molecule has 0 fully saturated rings. The molecule has 1 heterocycles. The molecule has 1 aromatic rings. The van der Waals surface area contributed by atoms with E-state index in [1.54, 1.807) is 24.9 Å². The van der Waals surface area contributed by atoms with Crippen LogP contribution in [-0.2, 0) is 9.53 Å². The summed E-state index contributed by atoms with van der Waals surface area (Å²) in [6.45, 7) is 10.2. The highest BCUT2D eigenvalue weighted by atomic mass is 32.2. The minimum Gasteiger partial charge on any atom is -0.465 e. The Labute approximate surface area is 149 Å². The highest BCUT2D eigenvalue weighted by molar-refractivity contribution is 7.99. The molecule has 0 aliphatic carbocycles. The number of rotatable bonds is 10. The van der Waals surface area contributed by atoms with E-state index in [1.165, 1.54) is 0 Å². The molecule has 0 aliphatic rings. The molecule has 24 heavy (non-hydrogen) atoms. The summed E-state index contributed by atoms with van der Waals surface area (Å²) in [6, 6.07) is 0. The first-order chi connectivity index (χ1) is 11.2. The third kappa shape index (κ3) is 6.67. The van der Waals surface area contributed by atoms with Crippen molar-refractivity contribution >= 4 is 17.7 Å². The lowest BCUT2D eigenvalue weighted by molar-refractivity contribution is -0.156. The standard InChI is InChI=1S/C18H30N2O3S/c1-13(2)18(4,5)16(22)23-10-8-6-7-9-11-24-17-19-12-14(3)15(21)20-17/h12-13H,6-11H2,1-5H3,(H,19,20,21). The average Bonchev–Trinajstić information content (AvgIpc) is 2.52. The summed E-state index contributed by atoms with van der Waals surface area (Å²) in [6.07, 6.45) is 5.66. The lowest BCUT2D eigenvalue weighted by Gasteiger charge is -2.26. The number of hydrogen-bond acceptors (Lipinski definition) is 5. The predicted octanol–water partition coefficient (Wildman–Crippen LogP) is 3.96. The van der Waals surface area contributed by atoms with Crippen molar-refractivity contribution in [1.82, 2.24) is 9.97 Å². The van der Waals surface area contributed by atoms with Crippen molar-refractivity contribution in [3.05, 3.63) is 22.1 Å². The molecule has 0 saturated carbocycles. The maximum atomic E-state index is 12.0. The fraction of sp³-hybridized carbons (Fsp3) is 0.722. The summed E-state index contributed by atoms with van der Waals surface area (Å²) in [7, 11) is 0. The molecule has 0 aliphatic heterocycles. The van der Waals surface area contributed by atoms with E-state index in [0.717, 1.165) is 31.4 Å². The summed E-state index contributed by atoms with van der Waals surface area (Å²) < 4.78 is 5.37. The van der Waals surface area contributed by atoms with Gasteiger partial charge in [-0.1, -0.05) is 38.5 Å². The number of esters is 1. The van der Waals surface area contributed by atoms with Gasteiger partial charge in [0.05, 0.1) is 12.0 Å². The van der Waals surface area contributed by atoms with Gasteiger partial charge in [0.1, 0.15) is 0 Å². The summed E-state index contributed by atoms with van der Waals surface area (Å²) in [5.74, 6) is 1.08. The van der Waals surface area contributed by atoms with Crippen LogP contribution in [0.15, 0.2) is 16.1 Å². The fourth-order valence-electron chi connectivity index (χ4n) is 1.83. The molecule has 6 heteroatoms. The smallest absolute Gasteiger partial charge is 0.311 e. The monoisotopic (exact) mass is 354 g/mol. The van der Waals surface area contributed by atoms with Gasteiger partial charge in [-0.25, -0.2) is 4.98 Å². The van der Waals surface area contributed by atoms with E-state index < -0.39 is 5.41 Å². The second kappa shape index (κ2) is 9.87. The maximum absolute atomic E-state index is 12.0. The molecule has 0 atom stereocenters.